The first kappa shape index (κ1) is 13.5. The van der Waals surface area contributed by atoms with E-state index in [9.17, 15) is 4.79 Å². The third kappa shape index (κ3) is 2.71. The number of aromatic amines is 1. The first-order valence-electron chi connectivity index (χ1n) is 6.87. The van der Waals surface area contributed by atoms with E-state index in [1.165, 1.54) is 5.56 Å². The number of rotatable bonds is 4. The molecular formula is C15H17N5O. The summed E-state index contributed by atoms with van der Waals surface area (Å²) in [7, 11) is 0. The minimum atomic E-state index is -0.173. The van der Waals surface area contributed by atoms with Crippen LogP contribution < -0.4 is 11.3 Å². The third-order valence-electron chi connectivity index (χ3n) is 3.39. The van der Waals surface area contributed by atoms with Crippen molar-refractivity contribution >= 4 is 11.2 Å². The molecule has 0 unspecified atom stereocenters. The van der Waals surface area contributed by atoms with Crippen LogP contribution in [0.15, 0.2) is 35.4 Å². The molecule has 6 nitrogen and oxygen atoms in total. The van der Waals surface area contributed by atoms with Crippen LogP contribution in [0.25, 0.3) is 11.2 Å². The molecule has 3 rings (SSSR count). The van der Waals surface area contributed by atoms with Crippen molar-refractivity contribution in [3.8, 4) is 0 Å². The molecule has 3 aromatic rings. The van der Waals surface area contributed by atoms with Crippen molar-refractivity contribution in [2.24, 2.45) is 5.73 Å². The minimum Gasteiger partial charge on any atom is -0.330 e. The number of fused-ring (bicyclic) bond motifs is 1. The number of imidazole rings is 1. The Morgan fingerprint density at radius 1 is 1.29 bits per heavy atom. The highest BCUT2D eigenvalue weighted by Crippen LogP contribution is 2.10. The van der Waals surface area contributed by atoms with Gasteiger partial charge in [0, 0.05) is 13.0 Å². The second-order valence-corrected chi connectivity index (χ2v) is 5.08. The maximum atomic E-state index is 12.2. The summed E-state index contributed by atoms with van der Waals surface area (Å²) in [6.07, 6.45) is 2.19. The minimum absolute atomic E-state index is 0.173. The first-order chi connectivity index (χ1) is 10.2. The summed E-state index contributed by atoms with van der Waals surface area (Å²) in [5, 5.41) is 0. The zero-order chi connectivity index (χ0) is 14.8. The van der Waals surface area contributed by atoms with Crippen molar-refractivity contribution in [2.75, 3.05) is 6.54 Å². The lowest BCUT2D eigenvalue weighted by molar-refractivity contribution is 0.814. The zero-order valence-corrected chi connectivity index (χ0v) is 11.8. The van der Waals surface area contributed by atoms with Crippen LogP contribution >= 0.6 is 0 Å². The highest BCUT2D eigenvalue weighted by Gasteiger charge is 2.10. The standard InChI is InChI=1S/C15H17N5O/c1-10-2-4-11(5-3-10)8-20-9-17-14-13(20)15(21)19-12(18-14)6-7-16/h2-5,9H,6-8,16H2,1H3,(H,18,19,21). The molecule has 0 aliphatic heterocycles. The predicted octanol–water partition coefficient (Wildman–Crippen LogP) is 0.978. The molecular weight excluding hydrogens is 266 g/mol. The SMILES string of the molecule is Cc1ccc(Cn2cnc3nc(CCN)[nH]c(=O)c32)cc1. The van der Waals surface area contributed by atoms with Gasteiger partial charge in [0.15, 0.2) is 11.2 Å². The molecule has 108 valence electrons. The smallest absolute Gasteiger partial charge is 0.277 e. The van der Waals surface area contributed by atoms with E-state index in [1.807, 2.05) is 23.6 Å². The van der Waals surface area contributed by atoms with Gasteiger partial charge in [-0.05, 0) is 19.0 Å². The Morgan fingerprint density at radius 3 is 2.76 bits per heavy atom. The Morgan fingerprint density at radius 2 is 2.05 bits per heavy atom. The van der Waals surface area contributed by atoms with Crippen LogP contribution in [0.4, 0.5) is 0 Å². The molecule has 0 aliphatic carbocycles. The Labute approximate surface area is 121 Å². The second kappa shape index (κ2) is 5.49. The normalized spacial score (nSPS) is 11.1. The molecule has 0 amide bonds. The Kier molecular flexibility index (Phi) is 3.53. The highest BCUT2D eigenvalue weighted by atomic mass is 16.1. The average Bonchev–Trinajstić information content (AvgIpc) is 2.85. The number of aryl methyl sites for hydroxylation is 1. The van der Waals surface area contributed by atoms with Gasteiger partial charge in [-0.2, -0.15) is 0 Å². The zero-order valence-electron chi connectivity index (χ0n) is 11.8. The number of nitrogens with two attached hydrogens (primary N) is 1. The molecule has 2 heterocycles. The van der Waals surface area contributed by atoms with Crippen LogP contribution in [0.2, 0.25) is 0 Å². The van der Waals surface area contributed by atoms with E-state index in [4.69, 9.17) is 5.73 Å². The lowest BCUT2D eigenvalue weighted by Gasteiger charge is -2.05. The molecule has 0 saturated carbocycles. The molecule has 0 saturated heterocycles. The van der Waals surface area contributed by atoms with Gasteiger partial charge in [0.05, 0.1) is 6.33 Å². The number of nitrogens with zero attached hydrogens (tertiary/aromatic N) is 3. The van der Waals surface area contributed by atoms with Gasteiger partial charge in [0.2, 0.25) is 0 Å². The highest BCUT2D eigenvalue weighted by molar-refractivity contribution is 5.69. The van der Waals surface area contributed by atoms with Gasteiger partial charge >= 0.3 is 0 Å². The number of benzene rings is 1. The molecule has 0 atom stereocenters. The van der Waals surface area contributed by atoms with Crippen molar-refractivity contribution in [3.63, 3.8) is 0 Å². The fourth-order valence-corrected chi connectivity index (χ4v) is 2.30. The number of nitrogens with one attached hydrogen (secondary N) is 1. The van der Waals surface area contributed by atoms with Crippen molar-refractivity contribution in [1.82, 2.24) is 19.5 Å². The Hall–Kier alpha value is -2.47. The molecule has 0 fully saturated rings. The topological polar surface area (TPSA) is 89.6 Å². The molecule has 0 aliphatic rings. The average molecular weight is 283 g/mol. The third-order valence-corrected chi connectivity index (χ3v) is 3.39. The van der Waals surface area contributed by atoms with Crippen LogP contribution in [0.5, 0.6) is 0 Å². The predicted molar refractivity (Wildman–Crippen MR) is 81.2 cm³/mol. The van der Waals surface area contributed by atoms with Crippen LogP contribution in [0.3, 0.4) is 0 Å². The fraction of sp³-hybridized carbons (Fsp3) is 0.267. The maximum absolute atomic E-state index is 12.2. The summed E-state index contributed by atoms with van der Waals surface area (Å²) in [4.78, 5) is 23.5. The summed E-state index contributed by atoms with van der Waals surface area (Å²) >= 11 is 0. The molecule has 0 radical (unpaired) electrons. The van der Waals surface area contributed by atoms with Crippen molar-refractivity contribution in [1.29, 1.82) is 0 Å². The van der Waals surface area contributed by atoms with Crippen LogP contribution in [-0.2, 0) is 13.0 Å². The van der Waals surface area contributed by atoms with E-state index in [1.54, 1.807) is 6.33 Å². The first-order valence-corrected chi connectivity index (χ1v) is 6.87. The van der Waals surface area contributed by atoms with Gasteiger partial charge in [0.1, 0.15) is 5.82 Å². The van der Waals surface area contributed by atoms with Gasteiger partial charge in [0.25, 0.3) is 5.56 Å². The summed E-state index contributed by atoms with van der Waals surface area (Å²) < 4.78 is 1.82. The van der Waals surface area contributed by atoms with E-state index >= 15 is 0 Å². The molecule has 21 heavy (non-hydrogen) atoms. The molecule has 3 N–H and O–H groups in total. The van der Waals surface area contributed by atoms with Gasteiger partial charge in [-0.25, -0.2) is 9.97 Å². The van der Waals surface area contributed by atoms with Crippen LogP contribution in [-0.4, -0.2) is 26.1 Å². The summed E-state index contributed by atoms with van der Waals surface area (Å²) in [6.45, 7) is 3.08. The van der Waals surface area contributed by atoms with E-state index in [0.717, 1.165) is 5.56 Å². The van der Waals surface area contributed by atoms with E-state index in [0.29, 0.717) is 36.5 Å². The van der Waals surface area contributed by atoms with E-state index < -0.39 is 0 Å². The molecule has 0 spiro atoms. The van der Waals surface area contributed by atoms with Gasteiger partial charge < -0.3 is 15.3 Å². The molecule has 6 heteroatoms. The van der Waals surface area contributed by atoms with Crippen molar-refractivity contribution in [3.05, 3.63) is 57.9 Å². The van der Waals surface area contributed by atoms with E-state index in [2.05, 4.69) is 27.1 Å². The van der Waals surface area contributed by atoms with E-state index in [-0.39, 0.29) is 5.56 Å². The number of hydrogen-bond acceptors (Lipinski definition) is 4. The maximum Gasteiger partial charge on any atom is 0.277 e. The second-order valence-electron chi connectivity index (χ2n) is 5.08. The number of H-pyrrole nitrogens is 1. The van der Waals surface area contributed by atoms with Gasteiger partial charge in [-0.15, -0.1) is 0 Å². The summed E-state index contributed by atoms with van der Waals surface area (Å²) in [5.74, 6) is 0.579. The van der Waals surface area contributed by atoms with Crippen LogP contribution in [0, 0.1) is 6.92 Å². The molecule has 2 aromatic heterocycles. The fourth-order valence-electron chi connectivity index (χ4n) is 2.30. The quantitative estimate of drug-likeness (QED) is 0.747. The van der Waals surface area contributed by atoms with Gasteiger partial charge in [-0.3, -0.25) is 4.79 Å². The van der Waals surface area contributed by atoms with Crippen molar-refractivity contribution in [2.45, 2.75) is 19.9 Å². The van der Waals surface area contributed by atoms with Crippen molar-refractivity contribution < 1.29 is 0 Å². The molecule has 0 bridgehead atoms. The van der Waals surface area contributed by atoms with Gasteiger partial charge in [-0.1, -0.05) is 29.8 Å². The number of hydrogen-bond donors (Lipinski definition) is 2. The summed E-state index contributed by atoms with van der Waals surface area (Å²) in [5.41, 5.74) is 8.60. The number of aromatic nitrogens is 4. The largest absolute Gasteiger partial charge is 0.330 e. The lowest BCUT2D eigenvalue weighted by atomic mass is 10.1. The van der Waals surface area contributed by atoms with Crippen LogP contribution in [0.1, 0.15) is 17.0 Å². The lowest BCUT2D eigenvalue weighted by Crippen LogP contribution is -2.17. The monoisotopic (exact) mass is 283 g/mol. The Bertz CT molecular complexity index is 816. The Balaban J connectivity index is 2.00. The molecule has 1 aromatic carbocycles. The summed E-state index contributed by atoms with van der Waals surface area (Å²) in [6, 6.07) is 8.20.